The van der Waals surface area contributed by atoms with Crippen LogP contribution in [0.2, 0.25) is 0 Å². The first-order valence-corrected chi connectivity index (χ1v) is 14.4. The molecule has 3 fully saturated rings. The molecule has 2 atom stereocenters. The molecule has 1 aliphatic carbocycles. The highest BCUT2D eigenvalue weighted by Gasteiger charge is 2.38. The van der Waals surface area contributed by atoms with E-state index in [1.165, 1.54) is 22.9 Å². The van der Waals surface area contributed by atoms with Gasteiger partial charge in [-0.15, -0.1) is 0 Å². The van der Waals surface area contributed by atoms with Gasteiger partial charge in [0.15, 0.2) is 11.6 Å². The number of hydrogen-bond donors (Lipinski definition) is 3. The number of halogens is 2. The van der Waals surface area contributed by atoms with Crippen LogP contribution in [0.3, 0.4) is 0 Å². The van der Waals surface area contributed by atoms with Crippen molar-refractivity contribution in [1.82, 2.24) is 9.88 Å². The number of benzene rings is 2. The number of piperidine rings is 1. The van der Waals surface area contributed by atoms with E-state index in [2.05, 4.69) is 10.1 Å². The Morgan fingerprint density at radius 3 is 2.42 bits per heavy atom. The molecule has 0 bridgehead atoms. The molecule has 13 heteroatoms. The molecule has 1 saturated carbocycles. The zero-order chi connectivity index (χ0) is 28.8. The van der Waals surface area contributed by atoms with Gasteiger partial charge in [-0.2, -0.15) is 8.42 Å². The third-order valence-corrected chi connectivity index (χ3v) is 8.39. The summed E-state index contributed by atoms with van der Waals surface area (Å²) < 4.78 is 66.3. The maximum atomic E-state index is 15.7. The highest BCUT2D eigenvalue weighted by atomic mass is 32.2. The molecule has 0 spiro atoms. The lowest BCUT2D eigenvalue weighted by molar-refractivity contribution is 0.143. The molecule has 214 valence electrons. The van der Waals surface area contributed by atoms with Crippen LogP contribution in [0.5, 0.6) is 5.75 Å². The minimum atomic E-state index is -4.02. The number of aryl methyl sites for hydroxylation is 1. The molecule has 2 aromatic carbocycles. The smallest absolute Gasteiger partial charge is 0.449 e. The lowest BCUT2D eigenvalue weighted by atomic mass is 9.94. The van der Waals surface area contributed by atoms with Gasteiger partial charge in [0.2, 0.25) is 5.43 Å². The third kappa shape index (κ3) is 5.67. The zero-order valence-corrected chi connectivity index (χ0v) is 22.5. The number of carboxylic acid groups (broad SMARTS) is 1. The van der Waals surface area contributed by atoms with Crippen LogP contribution < -0.4 is 20.4 Å². The molecular formula is C27H29F2N3O7S. The van der Waals surface area contributed by atoms with Crippen molar-refractivity contribution in [3.63, 3.8) is 0 Å². The molecule has 2 saturated heterocycles. The summed E-state index contributed by atoms with van der Waals surface area (Å²) in [6, 6.07) is 7.14. The summed E-state index contributed by atoms with van der Waals surface area (Å²) in [5.74, 6) is -1.69. The summed E-state index contributed by atoms with van der Waals surface area (Å²) in [4.78, 5) is 25.2. The van der Waals surface area contributed by atoms with E-state index < -0.39 is 39.1 Å². The van der Waals surface area contributed by atoms with Crippen LogP contribution >= 0.6 is 0 Å². The van der Waals surface area contributed by atoms with Gasteiger partial charge in [0.1, 0.15) is 11.5 Å². The van der Waals surface area contributed by atoms with Gasteiger partial charge in [-0.1, -0.05) is 17.7 Å². The third-order valence-electron chi connectivity index (χ3n) is 7.52. The van der Waals surface area contributed by atoms with Gasteiger partial charge in [0.25, 0.3) is 10.1 Å². The number of rotatable bonds is 4. The Kier molecular flexibility index (Phi) is 7.55. The van der Waals surface area contributed by atoms with Crippen LogP contribution in [0.15, 0.2) is 46.2 Å². The van der Waals surface area contributed by atoms with Crippen LogP contribution in [0.4, 0.5) is 19.3 Å². The second-order valence-electron chi connectivity index (χ2n) is 10.4. The fourth-order valence-electron chi connectivity index (χ4n) is 5.44. The summed E-state index contributed by atoms with van der Waals surface area (Å²) >= 11 is 0. The monoisotopic (exact) mass is 577 g/mol. The van der Waals surface area contributed by atoms with Gasteiger partial charge in [0, 0.05) is 25.2 Å². The number of pyridine rings is 1. The van der Waals surface area contributed by atoms with E-state index in [4.69, 9.17) is 9.66 Å². The number of nitrogens with one attached hydrogen (secondary N) is 1. The molecule has 1 aromatic heterocycles. The molecule has 2 unspecified atom stereocenters. The highest BCUT2D eigenvalue weighted by Crippen LogP contribution is 2.41. The van der Waals surface area contributed by atoms with E-state index >= 15 is 8.78 Å². The highest BCUT2D eigenvalue weighted by molar-refractivity contribution is 7.85. The van der Waals surface area contributed by atoms with Crippen molar-refractivity contribution in [1.29, 1.82) is 0 Å². The SMILES string of the molecule is Cc1ccc(S(=O)(=O)O)cc1.O=C(O)Oc1cn(C2CC2)c2c(F)c(N3CC4CCCNC4C3)c(F)cc2c1=O. The maximum absolute atomic E-state index is 15.7. The van der Waals surface area contributed by atoms with Crippen molar-refractivity contribution in [2.24, 2.45) is 5.92 Å². The van der Waals surface area contributed by atoms with Crippen LogP contribution in [0, 0.1) is 24.5 Å². The fraction of sp³-hybridized carbons (Fsp3) is 0.407. The van der Waals surface area contributed by atoms with Crippen LogP contribution in [0.1, 0.15) is 37.3 Å². The van der Waals surface area contributed by atoms with Crippen LogP contribution in [-0.4, -0.2) is 54.5 Å². The maximum Gasteiger partial charge on any atom is 0.511 e. The van der Waals surface area contributed by atoms with E-state index in [0.29, 0.717) is 19.0 Å². The van der Waals surface area contributed by atoms with Crippen molar-refractivity contribution in [3.8, 4) is 5.75 Å². The summed E-state index contributed by atoms with van der Waals surface area (Å²) in [6.07, 6.45) is 3.20. The molecule has 3 heterocycles. The number of hydrogen-bond acceptors (Lipinski definition) is 7. The van der Waals surface area contributed by atoms with Crippen molar-refractivity contribution >= 4 is 32.9 Å². The van der Waals surface area contributed by atoms with Gasteiger partial charge in [-0.05, 0) is 63.3 Å². The fourth-order valence-corrected chi connectivity index (χ4v) is 5.92. The van der Waals surface area contributed by atoms with Crippen molar-refractivity contribution in [2.75, 3.05) is 24.5 Å². The number of ether oxygens (including phenoxy) is 1. The Balaban J connectivity index is 0.000000248. The van der Waals surface area contributed by atoms with E-state index in [1.54, 1.807) is 17.0 Å². The number of fused-ring (bicyclic) bond motifs is 2. The average Bonchev–Trinajstić information content (AvgIpc) is 3.64. The van der Waals surface area contributed by atoms with E-state index in [9.17, 15) is 18.0 Å². The van der Waals surface area contributed by atoms with Gasteiger partial charge in [-0.3, -0.25) is 9.35 Å². The Labute approximate surface area is 228 Å². The molecule has 3 aromatic rings. The summed E-state index contributed by atoms with van der Waals surface area (Å²) in [6.45, 7) is 3.82. The van der Waals surface area contributed by atoms with Gasteiger partial charge >= 0.3 is 6.16 Å². The molecule has 3 aliphatic rings. The Morgan fingerprint density at radius 1 is 1.12 bits per heavy atom. The summed E-state index contributed by atoms with van der Waals surface area (Å²) in [5.41, 5.74) is 0.0154. The van der Waals surface area contributed by atoms with E-state index in [0.717, 1.165) is 43.9 Å². The first-order valence-electron chi connectivity index (χ1n) is 12.9. The molecule has 40 heavy (non-hydrogen) atoms. The summed E-state index contributed by atoms with van der Waals surface area (Å²) in [7, 11) is -4.02. The Bertz CT molecular complexity index is 1610. The molecule has 0 radical (unpaired) electrons. The number of aromatic nitrogens is 1. The molecule has 10 nitrogen and oxygen atoms in total. The minimum absolute atomic E-state index is 0.00877. The quantitative estimate of drug-likeness (QED) is 0.309. The van der Waals surface area contributed by atoms with Gasteiger partial charge < -0.3 is 24.6 Å². The second-order valence-corrected chi connectivity index (χ2v) is 11.8. The van der Waals surface area contributed by atoms with Crippen molar-refractivity contribution < 1.29 is 36.4 Å². The first-order chi connectivity index (χ1) is 18.9. The number of anilines is 1. The normalized spacial score (nSPS) is 20.6. The molecule has 2 aliphatic heterocycles. The summed E-state index contributed by atoms with van der Waals surface area (Å²) in [5, 5.41) is 12.1. The van der Waals surface area contributed by atoms with E-state index in [1.807, 2.05) is 6.92 Å². The van der Waals surface area contributed by atoms with Crippen molar-refractivity contribution in [2.45, 2.75) is 49.6 Å². The van der Waals surface area contributed by atoms with Gasteiger partial charge in [0.05, 0.1) is 22.0 Å². The molecule has 3 N–H and O–H groups in total. The molecule has 6 rings (SSSR count). The largest absolute Gasteiger partial charge is 0.511 e. The minimum Gasteiger partial charge on any atom is -0.449 e. The Hall–Kier alpha value is -3.55. The predicted octanol–water partition coefficient (Wildman–Crippen LogP) is 4.10. The lowest BCUT2D eigenvalue weighted by Crippen LogP contribution is -2.40. The zero-order valence-electron chi connectivity index (χ0n) is 21.6. The standard InChI is InChI=1S/C20H21F2N3O4.C7H8O3S/c21-13-6-12-17(25(11-3-4-11)9-15(19(12)26)29-20(27)28)16(22)18(13)24-7-10-2-1-5-23-14(10)8-24;1-6-2-4-7(5-3-6)11(8,9)10/h6,9-11,14,23H,1-5,7-8H2,(H,27,28);2-5H,1H3,(H,8,9,10). The number of carbonyl (C=O) groups is 1. The van der Waals surface area contributed by atoms with Gasteiger partial charge in [-0.25, -0.2) is 13.6 Å². The van der Waals surface area contributed by atoms with Crippen LogP contribution in [0.25, 0.3) is 10.9 Å². The topological polar surface area (TPSA) is 138 Å². The number of nitrogens with zero attached hydrogens (tertiary/aromatic N) is 2. The lowest BCUT2D eigenvalue weighted by Gasteiger charge is -2.24. The van der Waals surface area contributed by atoms with E-state index in [-0.39, 0.29) is 33.6 Å². The van der Waals surface area contributed by atoms with Crippen molar-refractivity contribution in [3.05, 3.63) is 63.9 Å². The Morgan fingerprint density at radius 2 is 1.82 bits per heavy atom. The molecule has 0 amide bonds. The second kappa shape index (κ2) is 10.8. The average molecular weight is 578 g/mol. The first kappa shape index (κ1) is 28.0. The van der Waals surface area contributed by atoms with Crippen LogP contribution in [-0.2, 0) is 10.1 Å². The predicted molar refractivity (Wildman–Crippen MR) is 143 cm³/mol. The molecular weight excluding hydrogens is 548 g/mol.